The number of carbonyl (C=O) groups is 1. The van der Waals surface area contributed by atoms with Crippen LogP contribution in [0.15, 0.2) is 39.5 Å². The molecule has 1 aromatic carbocycles. The van der Waals surface area contributed by atoms with Crippen LogP contribution in [0.2, 0.25) is 0 Å². The van der Waals surface area contributed by atoms with E-state index in [2.05, 4.69) is 0 Å². The highest BCUT2D eigenvalue weighted by atomic mass is 16.8. The predicted octanol–water partition coefficient (Wildman–Crippen LogP) is -3.42. The van der Waals surface area contributed by atoms with Crippen molar-refractivity contribution in [1.29, 1.82) is 0 Å². The smallest absolute Gasteiger partial charge is 0.351 e. The average Bonchev–Trinajstić information content (AvgIpc) is 3.12. The van der Waals surface area contributed by atoms with Crippen LogP contribution in [0.3, 0.4) is 0 Å². The average molecular weight is 514 g/mol. The van der Waals surface area contributed by atoms with Gasteiger partial charge in [0, 0.05) is 5.39 Å². The Morgan fingerprint density at radius 2 is 1.69 bits per heavy atom. The number of carbonyl (C=O) groups excluding carboxylic acids is 1. The van der Waals surface area contributed by atoms with E-state index in [-0.39, 0.29) is 5.58 Å². The Bertz CT molecular complexity index is 1140. The molecular weight excluding hydrogens is 488 g/mol. The van der Waals surface area contributed by atoms with Crippen molar-refractivity contribution in [2.24, 2.45) is 0 Å². The number of hydrogen-bond donors (Lipinski definition) is 7. The zero-order chi connectivity index (χ0) is 26.2. The monoisotopic (exact) mass is 514 g/mol. The lowest BCUT2D eigenvalue weighted by Crippen LogP contribution is -2.62. The molecule has 14 nitrogen and oxygen atoms in total. The van der Waals surface area contributed by atoms with Gasteiger partial charge in [0.25, 0.3) is 0 Å². The lowest BCUT2D eigenvalue weighted by atomic mass is 9.99. The van der Waals surface area contributed by atoms with Crippen molar-refractivity contribution >= 4 is 16.9 Å². The van der Waals surface area contributed by atoms with Crippen molar-refractivity contribution < 1.29 is 63.9 Å². The van der Waals surface area contributed by atoms with Gasteiger partial charge in [-0.15, -0.1) is 0 Å². The van der Waals surface area contributed by atoms with Crippen molar-refractivity contribution in [1.82, 2.24) is 0 Å². The zero-order valence-corrected chi connectivity index (χ0v) is 18.6. The molecule has 0 radical (unpaired) electrons. The van der Waals surface area contributed by atoms with E-state index in [4.69, 9.17) is 23.4 Å². The number of para-hydroxylation sites is 1. The number of esters is 1. The summed E-state index contributed by atoms with van der Waals surface area (Å²) in [6, 6.07) is 7.72. The minimum absolute atomic E-state index is 0.255. The molecule has 2 aliphatic heterocycles. The van der Waals surface area contributed by atoms with E-state index in [1.54, 1.807) is 18.2 Å². The van der Waals surface area contributed by atoms with Crippen molar-refractivity contribution in [2.75, 3.05) is 19.8 Å². The SMILES string of the molecule is O=C(OC[C@@H]1O[C@@H](O[C@@]2(CO)O[C@@H](CO)[C@H](O)[C@H]2O)[C@@H](O)[C@H](O)[C@H]1O)c1cc2ccccc2oc1=O. The van der Waals surface area contributed by atoms with Gasteiger partial charge in [0.1, 0.15) is 67.1 Å². The van der Waals surface area contributed by atoms with Crippen LogP contribution in [-0.4, -0.2) is 116 Å². The van der Waals surface area contributed by atoms with Gasteiger partial charge < -0.3 is 59.1 Å². The summed E-state index contributed by atoms with van der Waals surface area (Å²) < 4.78 is 26.2. The molecule has 0 amide bonds. The number of aliphatic hydroxyl groups is 7. The van der Waals surface area contributed by atoms with Crippen LogP contribution in [0, 0.1) is 0 Å². The Kier molecular flexibility index (Phi) is 7.72. The number of ether oxygens (including phenoxy) is 4. The quantitative estimate of drug-likeness (QED) is 0.141. The molecule has 0 saturated carbocycles. The molecule has 0 bridgehead atoms. The van der Waals surface area contributed by atoms with Gasteiger partial charge in [-0.2, -0.15) is 0 Å². The lowest BCUT2D eigenvalue weighted by Gasteiger charge is -2.43. The Morgan fingerprint density at radius 3 is 2.36 bits per heavy atom. The number of benzene rings is 1. The van der Waals surface area contributed by atoms with Crippen LogP contribution >= 0.6 is 0 Å². The van der Waals surface area contributed by atoms with Gasteiger partial charge in [-0.3, -0.25) is 0 Å². The first kappa shape index (κ1) is 26.6. The summed E-state index contributed by atoms with van der Waals surface area (Å²) in [4.78, 5) is 24.7. The van der Waals surface area contributed by atoms with Crippen LogP contribution in [0.5, 0.6) is 0 Å². The fraction of sp³-hybridized carbons (Fsp3) is 0.545. The van der Waals surface area contributed by atoms with Crippen LogP contribution in [-0.2, 0) is 18.9 Å². The number of aliphatic hydroxyl groups excluding tert-OH is 7. The maximum atomic E-state index is 12.5. The van der Waals surface area contributed by atoms with Crippen molar-refractivity contribution in [3.8, 4) is 0 Å². The summed E-state index contributed by atoms with van der Waals surface area (Å²) in [5.74, 6) is -3.47. The molecule has 7 N–H and O–H groups in total. The fourth-order valence-corrected chi connectivity index (χ4v) is 4.06. The molecule has 4 rings (SSSR count). The molecule has 3 heterocycles. The van der Waals surface area contributed by atoms with E-state index in [0.717, 1.165) is 0 Å². The second-order valence-corrected chi connectivity index (χ2v) is 8.46. The summed E-state index contributed by atoms with van der Waals surface area (Å²) >= 11 is 0. The zero-order valence-electron chi connectivity index (χ0n) is 18.6. The van der Waals surface area contributed by atoms with E-state index in [9.17, 15) is 45.3 Å². The first-order valence-corrected chi connectivity index (χ1v) is 10.9. The molecule has 0 spiro atoms. The Balaban J connectivity index is 1.48. The Hall–Kier alpha value is -2.50. The summed E-state index contributed by atoms with van der Waals surface area (Å²) in [7, 11) is 0. The maximum Gasteiger partial charge on any atom is 0.351 e. The van der Waals surface area contributed by atoms with Gasteiger partial charge in [0.15, 0.2) is 6.29 Å². The van der Waals surface area contributed by atoms with Crippen molar-refractivity contribution in [3.63, 3.8) is 0 Å². The number of rotatable bonds is 7. The molecule has 2 fully saturated rings. The standard InChI is InChI=1S/C22H26O14/c23-6-12-15(26)18(29)22(8-24,35-12)36-21-17(28)16(27)14(25)13(34-21)7-32-19(30)10-5-9-3-1-2-4-11(9)33-20(10)31/h1-5,12-18,21,23-29H,6-8H2/t12-,13-,14-,15-,16+,17-,18+,21-,22+/m0/s1. The van der Waals surface area contributed by atoms with Gasteiger partial charge in [-0.25, -0.2) is 9.59 Å². The van der Waals surface area contributed by atoms with E-state index in [1.165, 1.54) is 12.1 Å². The van der Waals surface area contributed by atoms with Gasteiger partial charge in [-0.05, 0) is 12.1 Å². The largest absolute Gasteiger partial charge is 0.459 e. The topological polar surface area (TPSA) is 226 Å². The molecule has 2 aliphatic rings. The van der Waals surface area contributed by atoms with E-state index < -0.39 is 91.8 Å². The molecule has 14 heteroatoms. The minimum Gasteiger partial charge on any atom is -0.459 e. The lowest BCUT2D eigenvalue weighted by molar-refractivity contribution is -0.383. The first-order chi connectivity index (χ1) is 17.1. The number of hydrogen-bond acceptors (Lipinski definition) is 14. The highest BCUT2D eigenvalue weighted by Gasteiger charge is 2.58. The van der Waals surface area contributed by atoms with Crippen molar-refractivity contribution in [3.05, 3.63) is 46.3 Å². The Morgan fingerprint density at radius 1 is 0.972 bits per heavy atom. The molecule has 0 unspecified atom stereocenters. The van der Waals surface area contributed by atoms with Crippen LogP contribution in [0.25, 0.3) is 11.0 Å². The van der Waals surface area contributed by atoms with E-state index in [0.29, 0.717) is 5.39 Å². The van der Waals surface area contributed by atoms with Crippen LogP contribution in [0.1, 0.15) is 10.4 Å². The first-order valence-electron chi connectivity index (χ1n) is 10.9. The molecule has 2 saturated heterocycles. The van der Waals surface area contributed by atoms with E-state index in [1.807, 2.05) is 0 Å². The van der Waals surface area contributed by atoms with Crippen molar-refractivity contribution in [2.45, 2.75) is 54.8 Å². The highest BCUT2D eigenvalue weighted by molar-refractivity contribution is 5.92. The number of fused-ring (bicyclic) bond motifs is 1. The summed E-state index contributed by atoms with van der Waals surface area (Å²) in [5.41, 5.74) is -1.14. The molecular formula is C22H26O14. The van der Waals surface area contributed by atoms with Gasteiger partial charge >= 0.3 is 11.6 Å². The van der Waals surface area contributed by atoms with Crippen LogP contribution in [0.4, 0.5) is 0 Å². The summed E-state index contributed by atoms with van der Waals surface area (Å²) in [6.07, 6.45) is -13.9. The molecule has 36 heavy (non-hydrogen) atoms. The third kappa shape index (κ3) is 4.76. The second-order valence-electron chi connectivity index (χ2n) is 8.46. The third-order valence-electron chi connectivity index (χ3n) is 6.13. The molecule has 9 atom stereocenters. The minimum atomic E-state index is -2.36. The van der Waals surface area contributed by atoms with E-state index >= 15 is 0 Å². The highest BCUT2D eigenvalue weighted by Crippen LogP contribution is 2.36. The summed E-state index contributed by atoms with van der Waals surface area (Å²) in [5, 5.41) is 70.7. The molecule has 0 aliphatic carbocycles. The predicted molar refractivity (Wildman–Crippen MR) is 114 cm³/mol. The maximum absolute atomic E-state index is 12.5. The molecule has 2 aromatic rings. The van der Waals surface area contributed by atoms with Gasteiger partial charge in [-0.1, -0.05) is 18.2 Å². The third-order valence-corrected chi connectivity index (χ3v) is 6.13. The Labute approximate surface area is 202 Å². The normalized spacial score (nSPS) is 36.8. The molecule has 1 aromatic heterocycles. The van der Waals surface area contributed by atoms with Gasteiger partial charge in [0.05, 0.1) is 6.61 Å². The second kappa shape index (κ2) is 10.5. The van der Waals surface area contributed by atoms with Gasteiger partial charge in [0.2, 0.25) is 5.79 Å². The van der Waals surface area contributed by atoms with Crippen LogP contribution < -0.4 is 5.63 Å². The molecule has 198 valence electrons. The fourth-order valence-electron chi connectivity index (χ4n) is 4.06. The summed E-state index contributed by atoms with van der Waals surface area (Å²) in [6.45, 7) is -2.50.